The summed E-state index contributed by atoms with van der Waals surface area (Å²) in [7, 11) is 0. The van der Waals surface area contributed by atoms with Gasteiger partial charge in [-0.1, -0.05) is 111 Å². The fourth-order valence-corrected chi connectivity index (χ4v) is 9.91. The van der Waals surface area contributed by atoms with E-state index in [1.165, 1.54) is 0 Å². The highest BCUT2D eigenvalue weighted by atomic mass is 79.9. The first kappa shape index (κ1) is 42.2. The molecule has 1 aliphatic heterocycles. The Morgan fingerprint density at radius 2 is 0.946 bits per heavy atom. The summed E-state index contributed by atoms with van der Waals surface area (Å²) in [6.45, 7) is 13.0. The fraction of sp³-hybridized carbons (Fsp3) is 0.271. The van der Waals surface area contributed by atoms with Crippen LogP contribution < -0.4 is 10.6 Å². The van der Waals surface area contributed by atoms with Crippen molar-refractivity contribution >= 4 is 92.2 Å². The molecule has 0 aliphatic carbocycles. The summed E-state index contributed by atoms with van der Waals surface area (Å²) in [6, 6.07) is 34.9. The van der Waals surface area contributed by atoms with Crippen molar-refractivity contribution in [2.45, 2.75) is 84.9 Å². The molecule has 2 N–H and O–H groups in total. The Morgan fingerprint density at radius 1 is 0.589 bits per heavy atom. The number of nitrogens with one attached hydrogen (secondary N) is 2. The van der Waals surface area contributed by atoms with Crippen LogP contribution in [0.2, 0.25) is 0 Å². The van der Waals surface area contributed by atoms with Crippen molar-refractivity contribution in [3.8, 4) is 0 Å². The van der Waals surface area contributed by atoms with Crippen molar-refractivity contribution in [2.24, 2.45) is 0 Å². The van der Waals surface area contributed by atoms with Gasteiger partial charge >= 0.3 is 5.97 Å². The number of rotatable bonds is 14. The van der Waals surface area contributed by atoms with E-state index in [0.717, 1.165) is 95.0 Å². The van der Waals surface area contributed by atoms with Crippen molar-refractivity contribution in [3.05, 3.63) is 172 Å². The molecule has 0 amide bonds. The zero-order chi connectivity index (χ0) is 40.1. The maximum atomic E-state index is 14.3. The topological polar surface area (TPSA) is 50.4 Å². The molecule has 1 aliphatic rings. The molecular formula is C48H48Br4N2O2. The molecule has 4 nitrogen and oxygen atoms in total. The Bertz CT molecular complexity index is 2130. The third-order valence-corrected chi connectivity index (χ3v) is 15.0. The molecule has 0 radical (unpaired) electrons. The highest BCUT2D eigenvalue weighted by Gasteiger charge is 2.48. The number of hydrogen-bond acceptors (Lipinski definition) is 4. The molecule has 56 heavy (non-hydrogen) atoms. The lowest BCUT2D eigenvalue weighted by atomic mass is 9.83. The van der Waals surface area contributed by atoms with E-state index in [1.807, 2.05) is 0 Å². The number of benzene rings is 5. The molecule has 0 aromatic heterocycles. The van der Waals surface area contributed by atoms with Crippen LogP contribution in [-0.4, -0.2) is 18.1 Å². The molecule has 5 aromatic carbocycles. The fourth-order valence-electron chi connectivity index (χ4n) is 7.32. The predicted octanol–water partition coefficient (Wildman–Crippen LogP) is 15.2. The number of carbonyl (C=O) groups is 1. The van der Waals surface area contributed by atoms with Gasteiger partial charge in [0.1, 0.15) is 0 Å². The van der Waals surface area contributed by atoms with Crippen LogP contribution in [0.4, 0.5) is 11.4 Å². The Kier molecular flexibility index (Phi) is 13.9. The third-order valence-electron chi connectivity index (χ3n) is 10.2. The van der Waals surface area contributed by atoms with Gasteiger partial charge in [0.2, 0.25) is 0 Å². The third kappa shape index (κ3) is 9.30. The van der Waals surface area contributed by atoms with Gasteiger partial charge in [-0.25, -0.2) is 4.79 Å². The number of ether oxygens (including phenoxy) is 1. The van der Waals surface area contributed by atoms with Gasteiger partial charge in [0, 0.05) is 46.9 Å². The Hall–Kier alpha value is -3.43. The van der Waals surface area contributed by atoms with Crippen LogP contribution in [0.1, 0.15) is 103 Å². The van der Waals surface area contributed by atoms with E-state index in [9.17, 15) is 4.79 Å². The molecule has 1 heterocycles. The van der Waals surface area contributed by atoms with E-state index < -0.39 is 11.6 Å². The number of carbonyl (C=O) groups excluding carboxylic acids is 1. The average Bonchev–Trinajstić information content (AvgIpc) is 3.47. The first-order valence-electron chi connectivity index (χ1n) is 19.3. The summed E-state index contributed by atoms with van der Waals surface area (Å²) in [5.41, 5.74) is 10.1. The molecule has 0 spiro atoms. The first-order valence-corrected chi connectivity index (χ1v) is 22.4. The smallest absolute Gasteiger partial charge is 0.341 e. The van der Waals surface area contributed by atoms with Gasteiger partial charge in [0.15, 0.2) is 5.60 Å². The van der Waals surface area contributed by atoms with Gasteiger partial charge in [-0.05, 0) is 174 Å². The van der Waals surface area contributed by atoms with E-state index in [1.54, 1.807) is 0 Å². The van der Waals surface area contributed by atoms with E-state index in [0.29, 0.717) is 27.7 Å². The van der Waals surface area contributed by atoms with Crippen molar-refractivity contribution in [3.63, 3.8) is 0 Å². The lowest BCUT2D eigenvalue weighted by molar-refractivity contribution is 0.0298. The minimum atomic E-state index is -1.35. The maximum Gasteiger partial charge on any atom is 0.341 e. The van der Waals surface area contributed by atoms with Gasteiger partial charge in [-0.2, -0.15) is 0 Å². The number of hydrogen-bond donors (Lipinski definition) is 2. The van der Waals surface area contributed by atoms with Crippen LogP contribution in [0.25, 0.3) is 11.1 Å². The monoisotopic (exact) mass is 1000 g/mol. The number of halogens is 4. The van der Waals surface area contributed by atoms with E-state index in [-0.39, 0.29) is 0 Å². The summed E-state index contributed by atoms with van der Waals surface area (Å²) in [4.78, 5) is 14.3. The molecule has 0 saturated carbocycles. The normalized spacial score (nSPS) is 16.6. The van der Waals surface area contributed by atoms with Crippen molar-refractivity contribution in [1.82, 2.24) is 0 Å². The lowest BCUT2D eigenvalue weighted by Gasteiger charge is -2.28. The highest BCUT2D eigenvalue weighted by Crippen LogP contribution is 2.53. The Balaban J connectivity index is 1.65. The van der Waals surface area contributed by atoms with Crippen LogP contribution in [0.5, 0.6) is 0 Å². The molecular weight excluding hydrogens is 956 g/mol. The van der Waals surface area contributed by atoms with Gasteiger partial charge in [0.05, 0.1) is 5.56 Å². The average molecular weight is 1000 g/mol. The van der Waals surface area contributed by atoms with E-state index in [4.69, 9.17) is 4.74 Å². The summed E-state index contributed by atoms with van der Waals surface area (Å²) >= 11 is 15.2. The summed E-state index contributed by atoms with van der Waals surface area (Å²) in [5.74, 6) is -0.422. The van der Waals surface area contributed by atoms with Crippen molar-refractivity contribution in [1.29, 1.82) is 0 Å². The zero-order valence-electron chi connectivity index (χ0n) is 32.7. The number of esters is 1. The second-order valence-corrected chi connectivity index (χ2v) is 18.0. The molecule has 5 aromatic rings. The number of fused-ring (bicyclic) bond motifs is 1. The van der Waals surface area contributed by atoms with Gasteiger partial charge < -0.3 is 15.4 Å². The second kappa shape index (κ2) is 18.4. The molecule has 290 valence electrons. The molecule has 0 bridgehead atoms. The summed E-state index contributed by atoms with van der Waals surface area (Å²) in [6.07, 6.45) is 8.66. The standard InChI is InChI=1S/C48H48Br4N2O2/c1-7-9-31(5)53-37-23-19-35(20-24-37)39(33-15-11-29(3)12-16-33)27-48(42-41(47(55)56-48)43(49)45(51)46(52)44(42)50)28-40(34-17-13-30(4)14-18-34)36-21-25-38(26-22-36)54-32(6)10-8-2/h11-28,31-32,53-54H,7-10H2,1-6H3/b39-27+,40-28+. The van der Waals surface area contributed by atoms with Crippen LogP contribution >= 0.6 is 63.7 Å². The largest absolute Gasteiger partial charge is 0.442 e. The minimum Gasteiger partial charge on any atom is -0.442 e. The van der Waals surface area contributed by atoms with Crippen molar-refractivity contribution in [2.75, 3.05) is 10.6 Å². The summed E-state index contributed by atoms with van der Waals surface area (Å²) in [5, 5.41) is 7.29. The molecule has 2 unspecified atom stereocenters. The van der Waals surface area contributed by atoms with Crippen LogP contribution in [0.3, 0.4) is 0 Å². The Morgan fingerprint density at radius 3 is 1.32 bits per heavy atom. The SMILES string of the molecule is CCCC(C)Nc1ccc(/C(=C/C2(/C=C(\c3ccc(C)cc3)c3ccc(NC(C)CCC)cc3)OC(=O)c3c(Br)c(Br)c(Br)c(Br)c32)c2ccc(C)cc2)cc1. The molecule has 6 rings (SSSR count). The number of aryl methyl sites for hydroxylation is 2. The maximum absolute atomic E-state index is 14.3. The second-order valence-electron chi connectivity index (χ2n) is 14.9. The molecule has 8 heteroatoms. The van der Waals surface area contributed by atoms with Crippen molar-refractivity contribution < 1.29 is 9.53 Å². The summed E-state index contributed by atoms with van der Waals surface area (Å²) < 4.78 is 9.62. The minimum absolute atomic E-state index is 0.360. The van der Waals surface area contributed by atoms with Crippen LogP contribution in [-0.2, 0) is 10.3 Å². The molecule has 0 saturated heterocycles. The predicted molar refractivity (Wildman–Crippen MR) is 250 cm³/mol. The number of cyclic esters (lactones) is 1. The Labute approximate surface area is 366 Å². The first-order chi connectivity index (χ1) is 26.8. The zero-order valence-corrected chi connectivity index (χ0v) is 39.0. The van der Waals surface area contributed by atoms with E-state index >= 15 is 0 Å². The van der Waals surface area contributed by atoms with Gasteiger partial charge in [0.25, 0.3) is 0 Å². The molecule has 2 atom stereocenters. The number of anilines is 2. The van der Waals surface area contributed by atoms with Gasteiger partial charge in [-0.15, -0.1) is 0 Å². The van der Waals surface area contributed by atoms with Crippen LogP contribution in [0.15, 0.2) is 127 Å². The van der Waals surface area contributed by atoms with E-state index in [2.05, 4.69) is 225 Å². The lowest BCUT2D eigenvalue weighted by Crippen LogP contribution is -2.23. The highest BCUT2D eigenvalue weighted by molar-refractivity contribution is 9.15. The van der Waals surface area contributed by atoms with Crippen LogP contribution in [0, 0.1) is 13.8 Å². The van der Waals surface area contributed by atoms with Gasteiger partial charge in [-0.3, -0.25) is 0 Å². The molecule has 0 fully saturated rings. The quantitative estimate of drug-likeness (QED) is 0.0661.